The lowest BCUT2D eigenvalue weighted by atomic mass is 10.1. The van der Waals surface area contributed by atoms with Crippen molar-refractivity contribution in [3.05, 3.63) is 58.9 Å². The first-order valence-electron chi connectivity index (χ1n) is 10.5. The summed E-state index contributed by atoms with van der Waals surface area (Å²) in [6.45, 7) is 11.3. The fraction of sp³-hybridized carbons (Fsp3) is 0.308. The number of hydrogen-bond acceptors (Lipinski definition) is 8. The van der Waals surface area contributed by atoms with Crippen molar-refractivity contribution in [2.75, 3.05) is 0 Å². The van der Waals surface area contributed by atoms with E-state index in [1.165, 1.54) is 24.6 Å². The molecule has 0 fully saturated rings. The van der Waals surface area contributed by atoms with Gasteiger partial charge in [0.25, 0.3) is 0 Å². The summed E-state index contributed by atoms with van der Waals surface area (Å²) >= 11 is 0. The number of nitriles is 2. The number of aromatic hydroxyl groups is 2. The van der Waals surface area contributed by atoms with Crippen LogP contribution in [-0.4, -0.2) is 33.8 Å². The molecule has 176 valence electrons. The number of phenols is 2. The van der Waals surface area contributed by atoms with Crippen molar-refractivity contribution in [3.8, 4) is 35.1 Å². The molecule has 2 aromatic carbocycles. The number of nitrogens with zero attached hydrogens (tertiary/aromatic N) is 4. The van der Waals surface area contributed by atoms with Gasteiger partial charge in [-0.3, -0.25) is 0 Å². The van der Waals surface area contributed by atoms with Crippen LogP contribution < -0.4 is 9.47 Å². The third-order valence-corrected chi connectivity index (χ3v) is 3.95. The molecule has 0 spiro atoms. The van der Waals surface area contributed by atoms with Gasteiger partial charge in [-0.2, -0.15) is 10.5 Å². The number of phenolic OH excluding ortho intramolecular Hbond substituents is 2. The summed E-state index contributed by atoms with van der Waals surface area (Å²) < 4.78 is 11.4. The molecule has 0 unspecified atom stereocenters. The summed E-state index contributed by atoms with van der Waals surface area (Å²) in [6.07, 6.45) is 2.52. The van der Waals surface area contributed by atoms with Crippen LogP contribution >= 0.6 is 0 Å². The molecule has 8 nitrogen and oxygen atoms in total. The molecule has 0 radical (unpaired) electrons. The van der Waals surface area contributed by atoms with Gasteiger partial charge in [-0.25, -0.2) is 9.98 Å². The highest BCUT2D eigenvalue weighted by atomic mass is 16.5. The number of benzene rings is 2. The first-order chi connectivity index (χ1) is 15.8. The molecule has 0 amide bonds. The zero-order valence-corrected chi connectivity index (χ0v) is 20.1. The van der Waals surface area contributed by atoms with E-state index < -0.39 is 11.2 Å². The topological polar surface area (TPSA) is 131 Å². The summed E-state index contributed by atoms with van der Waals surface area (Å²) in [5.41, 5.74) is -0.676. The van der Waals surface area contributed by atoms with Crippen molar-refractivity contribution in [2.45, 2.75) is 52.7 Å². The molecular weight excluding hydrogens is 432 g/mol. The Labute approximate surface area is 199 Å². The minimum absolute atomic E-state index is 0.0905. The third kappa shape index (κ3) is 7.99. The number of ether oxygens (including phenoxy) is 2. The van der Waals surface area contributed by atoms with Crippen LogP contribution in [0.15, 0.2) is 57.8 Å². The fourth-order valence-electron chi connectivity index (χ4n) is 2.65. The molecule has 0 aromatic heterocycles. The van der Waals surface area contributed by atoms with Crippen LogP contribution in [0.25, 0.3) is 0 Å². The van der Waals surface area contributed by atoms with Crippen LogP contribution in [-0.2, 0) is 0 Å². The van der Waals surface area contributed by atoms with E-state index in [4.69, 9.17) is 9.47 Å². The average Bonchev–Trinajstić information content (AvgIpc) is 2.70. The largest absolute Gasteiger partial charge is 0.507 e. The molecule has 0 saturated carbocycles. The Morgan fingerprint density at radius 3 is 1.35 bits per heavy atom. The van der Waals surface area contributed by atoms with Gasteiger partial charge in [-0.1, -0.05) is 0 Å². The quantitative estimate of drug-likeness (QED) is 0.447. The highest BCUT2D eigenvalue weighted by Gasteiger charge is 2.14. The van der Waals surface area contributed by atoms with E-state index in [-0.39, 0.29) is 22.9 Å². The Bertz CT molecular complexity index is 1120. The van der Waals surface area contributed by atoms with Crippen LogP contribution in [0.1, 0.15) is 52.7 Å². The molecule has 0 saturated heterocycles. The molecule has 2 N–H and O–H groups in total. The number of allylic oxidation sites excluding steroid dienone is 2. The van der Waals surface area contributed by atoms with Crippen molar-refractivity contribution in [2.24, 2.45) is 9.98 Å². The van der Waals surface area contributed by atoms with Crippen molar-refractivity contribution in [1.29, 1.82) is 10.5 Å². The van der Waals surface area contributed by atoms with E-state index in [2.05, 4.69) is 9.98 Å². The lowest BCUT2D eigenvalue weighted by Crippen LogP contribution is -2.22. The van der Waals surface area contributed by atoms with Gasteiger partial charge in [0.1, 0.15) is 46.3 Å². The normalized spacial score (nSPS) is 12.8. The van der Waals surface area contributed by atoms with E-state index in [0.29, 0.717) is 22.6 Å². The minimum atomic E-state index is -0.424. The van der Waals surface area contributed by atoms with Crippen LogP contribution in [0, 0.1) is 22.7 Å². The summed E-state index contributed by atoms with van der Waals surface area (Å²) in [5, 5.41) is 39.4. The van der Waals surface area contributed by atoms with Crippen molar-refractivity contribution in [1.82, 2.24) is 0 Å². The van der Waals surface area contributed by atoms with E-state index >= 15 is 0 Å². The average molecular weight is 461 g/mol. The highest BCUT2D eigenvalue weighted by Crippen LogP contribution is 2.27. The Kier molecular flexibility index (Phi) is 8.05. The second-order valence-corrected chi connectivity index (χ2v) is 9.31. The van der Waals surface area contributed by atoms with Gasteiger partial charge in [0.05, 0.1) is 0 Å². The monoisotopic (exact) mass is 460 g/mol. The van der Waals surface area contributed by atoms with Gasteiger partial charge in [-0.15, -0.1) is 0 Å². The smallest absolute Gasteiger partial charge is 0.176 e. The van der Waals surface area contributed by atoms with Crippen LogP contribution in [0.4, 0.5) is 0 Å². The molecule has 0 heterocycles. The first-order valence-corrected chi connectivity index (χ1v) is 10.5. The van der Waals surface area contributed by atoms with Crippen molar-refractivity contribution < 1.29 is 19.7 Å². The Morgan fingerprint density at radius 2 is 1.09 bits per heavy atom. The van der Waals surface area contributed by atoms with Gasteiger partial charge >= 0.3 is 0 Å². The van der Waals surface area contributed by atoms with E-state index in [1.807, 2.05) is 53.7 Å². The van der Waals surface area contributed by atoms with Crippen molar-refractivity contribution in [3.63, 3.8) is 0 Å². The molecule has 34 heavy (non-hydrogen) atoms. The Balaban J connectivity index is 2.27. The number of aliphatic imine (C=N–C) groups is 2. The summed E-state index contributed by atoms with van der Waals surface area (Å²) in [4.78, 5) is 8.02. The Hall–Kier alpha value is -4.30. The zero-order chi connectivity index (χ0) is 25.5. The number of rotatable bonds is 6. The van der Waals surface area contributed by atoms with Crippen LogP contribution in [0.5, 0.6) is 23.0 Å². The van der Waals surface area contributed by atoms with E-state index in [1.54, 1.807) is 24.3 Å². The highest BCUT2D eigenvalue weighted by molar-refractivity contribution is 5.86. The van der Waals surface area contributed by atoms with E-state index in [0.717, 1.165) is 0 Å². The van der Waals surface area contributed by atoms with Gasteiger partial charge in [0.2, 0.25) is 0 Å². The maximum atomic E-state index is 10.2. The molecular formula is C26H28N4O4. The maximum Gasteiger partial charge on any atom is 0.176 e. The molecule has 2 aromatic rings. The summed E-state index contributed by atoms with van der Waals surface area (Å²) in [5.74, 6) is 0.790. The van der Waals surface area contributed by atoms with Gasteiger partial charge < -0.3 is 19.7 Å². The van der Waals surface area contributed by atoms with Gasteiger partial charge in [0, 0.05) is 35.7 Å². The van der Waals surface area contributed by atoms with Crippen LogP contribution in [0.3, 0.4) is 0 Å². The standard InChI is InChI=1S/C26H28N4O4/c1-25(2,3)33-19-9-7-17(23(31)11-19)15-29-21(13-27)22(14-28)30-16-18-8-10-20(12-24(18)32)34-26(4,5)6/h7-12,15-16,31-32H,1-6H3. The predicted molar refractivity (Wildman–Crippen MR) is 130 cm³/mol. The zero-order valence-electron chi connectivity index (χ0n) is 20.1. The minimum Gasteiger partial charge on any atom is -0.507 e. The third-order valence-electron chi connectivity index (χ3n) is 3.95. The molecule has 0 aliphatic carbocycles. The fourth-order valence-corrected chi connectivity index (χ4v) is 2.65. The van der Waals surface area contributed by atoms with Gasteiger partial charge in [0.15, 0.2) is 11.4 Å². The first kappa shape index (κ1) is 26.0. The van der Waals surface area contributed by atoms with E-state index in [9.17, 15) is 20.7 Å². The maximum absolute atomic E-state index is 10.2. The SMILES string of the molecule is CC(C)(C)Oc1ccc(C=NC(C#N)=C(C#N)N=Cc2ccc(OC(C)(C)C)cc2O)c(O)c1. The van der Waals surface area contributed by atoms with Crippen LogP contribution in [0.2, 0.25) is 0 Å². The summed E-state index contributed by atoms with van der Waals surface area (Å²) in [7, 11) is 0. The predicted octanol–water partition coefficient (Wildman–Crippen LogP) is 5.25. The lowest BCUT2D eigenvalue weighted by molar-refractivity contribution is 0.130. The van der Waals surface area contributed by atoms with Crippen molar-refractivity contribution >= 4 is 12.4 Å². The second-order valence-electron chi connectivity index (χ2n) is 9.31. The molecule has 2 rings (SSSR count). The molecule has 0 bridgehead atoms. The molecule has 8 heteroatoms. The Morgan fingerprint density at radius 1 is 0.735 bits per heavy atom. The molecule has 0 aliphatic heterocycles. The summed E-state index contributed by atoms with van der Waals surface area (Å²) in [6, 6.07) is 13.1. The number of hydrogen-bond donors (Lipinski definition) is 2. The second kappa shape index (κ2) is 10.5. The lowest BCUT2D eigenvalue weighted by Gasteiger charge is -2.21. The molecule has 0 aliphatic rings. The molecule has 0 atom stereocenters. The van der Waals surface area contributed by atoms with Gasteiger partial charge in [-0.05, 0) is 65.8 Å².